The van der Waals surface area contributed by atoms with Gasteiger partial charge in [0.05, 0.1) is 6.04 Å². The van der Waals surface area contributed by atoms with Crippen LogP contribution in [0.3, 0.4) is 0 Å². The smallest absolute Gasteiger partial charge is 0.220 e. The molecule has 1 amide bonds. The summed E-state index contributed by atoms with van der Waals surface area (Å²) in [5.41, 5.74) is 0.549. The fourth-order valence-electron chi connectivity index (χ4n) is 3.34. The van der Waals surface area contributed by atoms with Gasteiger partial charge in [0.25, 0.3) is 0 Å². The minimum Gasteiger partial charge on any atom is -0.350 e. The lowest BCUT2D eigenvalue weighted by Crippen LogP contribution is -2.34. The summed E-state index contributed by atoms with van der Waals surface area (Å²) in [4.78, 5) is 11.9. The Balaban J connectivity index is 1.95. The molecule has 2 atom stereocenters. The highest BCUT2D eigenvalue weighted by Gasteiger charge is 2.23. The maximum absolute atomic E-state index is 14.0. The number of carbonyl (C=O) groups is 1. The highest BCUT2D eigenvalue weighted by molar-refractivity contribution is 7.90. The van der Waals surface area contributed by atoms with Crippen LogP contribution in [0.1, 0.15) is 44.7 Å². The predicted octanol–water partition coefficient (Wildman–Crippen LogP) is 2.43. The number of benzene rings is 1. The largest absolute Gasteiger partial charge is 0.350 e. The molecule has 1 aromatic rings. The molecule has 1 saturated heterocycles. The number of amides is 1. The van der Waals surface area contributed by atoms with Gasteiger partial charge in [0.1, 0.15) is 10.7 Å². The van der Waals surface area contributed by atoms with Gasteiger partial charge in [-0.3, -0.25) is 4.79 Å². The van der Waals surface area contributed by atoms with Crippen molar-refractivity contribution in [2.45, 2.75) is 44.0 Å². The van der Waals surface area contributed by atoms with Crippen LogP contribution in [-0.4, -0.2) is 33.7 Å². The fourth-order valence-corrected chi connectivity index (χ4v) is 4.07. The number of hydrogen-bond acceptors (Lipinski definition) is 4. The first-order valence-electron chi connectivity index (χ1n) is 8.68. The molecule has 25 heavy (non-hydrogen) atoms. The Morgan fingerprint density at radius 2 is 1.96 bits per heavy atom. The minimum absolute atomic E-state index is 0.0638. The van der Waals surface area contributed by atoms with Crippen molar-refractivity contribution < 1.29 is 17.6 Å². The van der Waals surface area contributed by atoms with Crippen LogP contribution >= 0.6 is 0 Å². The maximum Gasteiger partial charge on any atom is 0.220 e. The molecule has 1 heterocycles. The SMILES string of the molecule is CC(NC(=O)CC(C)C1CCNCC1)c1ccc(S(C)(=O)=O)c(F)c1. The van der Waals surface area contributed by atoms with Gasteiger partial charge in [-0.2, -0.15) is 0 Å². The standard InChI is InChI=1S/C18H27FN2O3S/c1-12(14-6-8-20-9-7-14)10-18(22)21-13(2)15-4-5-17(16(19)11-15)25(3,23)24/h4-5,11-14,20H,6-10H2,1-3H3,(H,21,22). The molecule has 1 aliphatic rings. The molecule has 0 aromatic heterocycles. The van der Waals surface area contributed by atoms with E-state index in [1.165, 1.54) is 12.1 Å². The Hall–Kier alpha value is -1.47. The van der Waals surface area contributed by atoms with Crippen molar-refractivity contribution >= 4 is 15.7 Å². The van der Waals surface area contributed by atoms with Crippen molar-refractivity contribution in [3.05, 3.63) is 29.6 Å². The van der Waals surface area contributed by atoms with E-state index in [4.69, 9.17) is 0 Å². The zero-order chi connectivity index (χ0) is 18.6. The lowest BCUT2D eigenvalue weighted by Gasteiger charge is -2.28. The van der Waals surface area contributed by atoms with Gasteiger partial charge in [0.15, 0.2) is 9.84 Å². The predicted molar refractivity (Wildman–Crippen MR) is 95.4 cm³/mol. The normalized spacial score (nSPS) is 18.6. The Morgan fingerprint density at radius 1 is 1.32 bits per heavy atom. The Bertz CT molecular complexity index is 715. The maximum atomic E-state index is 14.0. The highest BCUT2D eigenvalue weighted by Crippen LogP contribution is 2.25. The molecule has 0 saturated carbocycles. The van der Waals surface area contributed by atoms with Crippen molar-refractivity contribution in [1.82, 2.24) is 10.6 Å². The number of hydrogen-bond donors (Lipinski definition) is 2. The molecule has 2 rings (SSSR count). The average Bonchev–Trinajstić information content (AvgIpc) is 2.54. The summed E-state index contributed by atoms with van der Waals surface area (Å²) in [7, 11) is -3.59. The van der Waals surface area contributed by atoms with E-state index in [0.717, 1.165) is 32.2 Å². The summed E-state index contributed by atoms with van der Waals surface area (Å²) in [5, 5.41) is 6.20. The van der Waals surface area contributed by atoms with E-state index in [9.17, 15) is 17.6 Å². The van der Waals surface area contributed by atoms with Crippen molar-refractivity contribution in [2.24, 2.45) is 11.8 Å². The Morgan fingerprint density at radius 3 is 2.52 bits per heavy atom. The first-order valence-corrected chi connectivity index (χ1v) is 10.6. The summed E-state index contributed by atoms with van der Waals surface area (Å²) < 4.78 is 36.9. The molecule has 0 spiro atoms. The highest BCUT2D eigenvalue weighted by atomic mass is 32.2. The summed E-state index contributed by atoms with van der Waals surface area (Å²) in [6.07, 6.45) is 3.59. The number of nitrogens with one attached hydrogen (secondary N) is 2. The van der Waals surface area contributed by atoms with Crippen LogP contribution in [0.2, 0.25) is 0 Å². The molecule has 140 valence electrons. The molecule has 0 aliphatic carbocycles. The zero-order valence-corrected chi connectivity index (χ0v) is 15.8. The molecule has 5 nitrogen and oxygen atoms in total. The molecule has 1 aliphatic heterocycles. The van der Waals surface area contributed by atoms with E-state index in [1.54, 1.807) is 13.0 Å². The van der Waals surface area contributed by atoms with Crippen molar-refractivity contribution in [1.29, 1.82) is 0 Å². The van der Waals surface area contributed by atoms with Crippen molar-refractivity contribution in [2.75, 3.05) is 19.3 Å². The first-order chi connectivity index (χ1) is 11.7. The number of piperidine rings is 1. The van der Waals surface area contributed by atoms with Gasteiger partial charge >= 0.3 is 0 Å². The minimum atomic E-state index is -3.59. The molecule has 2 unspecified atom stereocenters. The third kappa shape index (κ3) is 5.51. The van der Waals surface area contributed by atoms with E-state index < -0.39 is 15.7 Å². The van der Waals surface area contributed by atoms with Gasteiger partial charge in [-0.1, -0.05) is 13.0 Å². The van der Waals surface area contributed by atoms with Crippen LogP contribution in [0.25, 0.3) is 0 Å². The Labute approximate surface area is 149 Å². The molecular formula is C18H27FN2O3S. The summed E-state index contributed by atoms with van der Waals surface area (Å²) in [6.45, 7) is 5.86. The van der Waals surface area contributed by atoms with Crippen LogP contribution < -0.4 is 10.6 Å². The fraction of sp³-hybridized carbons (Fsp3) is 0.611. The van der Waals surface area contributed by atoms with Gasteiger partial charge in [-0.25, -0.2) is 12.8 Å². The quantitative estimate of drug-likeness (QED) is 0.806. The number of sulfone groups is 1. The Kier molecular flexibility index (Phi) is 6.57. The number of halogens is 1. The molecule has 0 bridgehead atoms. The van der Waals surface area contributed by atoms with E-state index in [0.29, 0.717) is 23.8 Å². The van der Waals surface area contributed by atoms with Gasteiger partial charge in [0.2, 0.25) is 5.91 Å². The second-order valence-electron chi connectivity index (χ2n) is 7.02. The van der Waals surface area contributed by atoms with E-state index in [-0.39, 0.29) is 16.8 Å². The summed E-state index contributed by atoms with van der Waals surface area (Å²) in [6, 6.07) is 3.59. The molecule has 7 heteroatoms. The zero-order valence-electron chi connectivity index (χ0n) is 15.0. The lowest BCUT2D eigenvalue weighted by molar-refractivity contribution is -0.123. The van der Waals surface area contributed by atoms with Gasteiger partial charge in [0, 0.05) is 12.7 Å². The number of rotatable bonds is 6. The average molecular weight is 370 g/mol. The lowest BCUT2D eigenvalue weighted by atomic mass is 9.84. The summed E-state index contributed by atoms with van der Waals surface area (Å²) in [5.74, 6) is 0.00254. The monoisotopic (exact) mass is 370 g/mol. The second kappa shape index (κ2) is 8.27. The summed E-state index contributed by atoms with van der Waals surface area (Å²) >= 11 is 0. The molecule has 1 aromatic carbocycles. The first kappa shape index (κ1) is 19.8. The van der Waals surface area contributed by atoms with Crippen LogP contribution in [-0.2, 0) is 14.6 Å². The van der Waals surface area contributed by atoms with E-state index >= 15 is 0 Å². The van der Waals surface area contributed by atoms with Gasteiger partial charge < -0.3 is 10.6 Å². The van der Waals surface area contributed by atoms with Crippen LogP contribution in [0.5, 0.6) is 0 Å². The third-order valence-electron chi connectivity index (χ3n) is 4.93. The third-order valence-corrected chi connectivity index (χ3v) is 6.06. The molecular weight excluding hydrogens is 343 g/mol. The number of carbonyl (C=O) groups excluding carboxylic acids is 1. The van der Waals surface area contributed by atoms with Crippen LogP contribution in [0, 0.1) is 17.7 Å². The van der Waals surface area contributed by atoms with Crippen LogP contribution in [0.15, 0.2) is 23.1 Å². The van der Waals surface area contributed by atoms with Gasteiger partial charge in [-0.15, -0.1) is 0 Å². The van der Waals surface area contributed by atoms with Gasteiger partial charge in [-0.05, 0) is 62.4 Å². The topological polar surface area (TPSA) is 75.3 Å². The van der Waals surface area contributed by atoms with E-state index in [1.807, 2.05) is 0 Å². The van der Waals surface area contributed by atoms with E-state index in [2.05, 4.69) is 17.6 Å². The van der Waals surface area contributed by atoms with Crippen molar-refractivity contribution in [3.63, 3.8) is 0 Å². The molecule has 1 fully saturated rings. The molecule has 2 N–H and O–H groups in total. The van der Waals surface area contributed by atoms with Crippen molar-refractivity contribution in [3.8, 4) is 0 Å². The van der Waals surface area contributed by atoms with Crippen LogP contribution in [0.4, 0.5) is 4.39 Å². The molecule has 0 radical (unpaired) electrons. The second-order valence-corrected chi connectivity index (χ2v) is 9.00.